The summed E-state index contributed by atoms with van der Waals surface area (Å²) in [5, 5.41) is 14.2. The summed E-state index contributed by atoms with van der Waals surface area (Å²) in [7, 11) is 0. The van der Waals surface area contributed by atoms with Gasteiger partial charge in [0.1, 0.15) is 0 Å². The molecule has 3 unspecified atom stereocenters. The van der Waals surface area contributed by atoms with Gasteiger partial charge in [-0.2, -0.15) is 0 Å². The highest BCUT2D eigenvalue weighted by atomic mass is 79.9. The Hall–Kier alpha value is 0.400. The van der Waals surface area contributed by atoms with Crippen LogP contribution < -0.4 is 5.32 Å². The van der Waals surface area contributed by atoms with Crippen LogP contribution in [0.4, 0.5) is 0 Å². The molecule has 0 aromatic heterocycles. The fourth-order valence-corrected chi connectivity index (χ4v) is 3.42. The summed E-state index contributed by atoms with van der Waals surface area (Å²) in [6.07, 6.45) is 11.3. The maximum absolute atomic E-state index is 10.5. The van der Waals surface area contributed by atoms with Gasteiger partial charge in [0.15, 0.2) is 0 Å². The van der Waals surface area contributed by atoms with Gasteiger partial charge >= 0.3 is 0 Å². The van der Waals surface area contributed by atoms with E-state index in [0.29, 0.717) is 6.04 Å². The number of nitrogens with one attached hydrogen (secondary N) is 1. The van der Waals surface area contributed by atoms with Crippen LogP contribution in [0.25, 0.3) is 0 Å². The van der Waals surface area contributed by atoms with Crippen LogP contribution in [0.15, 0.2) is 0 Å². The number of hydrogen-bond acceptors (Lipinski definition) is 2. The molecule has 0 bridgehead atoms. The minimum atomic E-state index is -0.506. The molecule has 0 heterocycles. The van der Waals surface area contributed by atoms with E-state index in [2.05, 4.69) is 26.1 Å². The van der Waals surface area contributed by atoms with Crippen molar-refractivity contribution >= 4 is 17.0 Å². The average molecular weight is 364 g/mol. The SMILES string of the molecule is Br.CCCCCCCCNC1CC(C(C)C)CCC1(C)O. The van der Waals surface area contributed by atoms with Crippen LogP contribution >= 0.6 is 17.0 Å². The fraction of sp³-hybridized carbons (Fsp3) is 1.00. The molecule has 3 atom stereocenters. The second kappa shape index (κ2) is 11.0. The second-order valence-electron chi connectivity index (χ2n) is 7.41. The van der Waals surface area contributed by atoms with Crippen LogP contribution in [0.5, 0.6) is 0 Å². The van der Waals surface area contributed by atoms with Crippen LogP contribution in [0.2, 0.25) is 0 Å². The summed E-state index contributed by atoms with van der Waals surface area (Å²) < 4.78 is 0. The Morgan fingerprint density at radius 2 is 1.76 bits per heavy atom. The Bertz CT molecular complexity index is 256. The molecule has 1 fully saturated rings. The maximum Gasteiger partial charge on any atom is 0.0772 e. The van der Waals surface area contributed by atoms with Gasteiger partial charge in [-0.25, -0.2) is 0 Å². The third-order valence-electron chi connectivity index (χ3n) is 5.17. The number of halogens is 1. The van der Waals surface area contributed by atoms with E-state index < -0.39 is 5.60 Å². The van der Waals surface area contributed by atoms with Gasteiger partial charge in [0.2, 0.25) is 0 Å². The largest absolute Gasteiger partial charge is 0.389 e. The van der Waals surface area contributed by atoms with Crippen molar-refractivity contribution in [1.82, 2.24) is 5.32 Å². The molecule has 1 saturated carbocycles. The van der Waals surface area contributed by atoms with Gasteiger partial charge in [0.05, 0.1) is 5.60 Å². The summed E-state index contributed by atoms with van der Waals surface area (Å²) in [5.74, 6) is 1.52. The van der Waals surface area contributed by atoms with Crippen LogP contribution in [0, 0.1) is 11.8 Å². The van der Waals surface area contributed by atoms with Crippen LogP contribution in [0.1, 0.15) is 85.5 Å². The average Bonchev–Trinajstić information content (AvgIpc) is 2.38. The zero-order valence-electron chi connectivity index (χ0n) is 14.7. The molecule has 1 aliphatic rings. The lowest BCUT2D eigenvalue weighted by atomic mass is 9.72. The van der Waals surface area contributed by atoms with Gasteiger partial charge in [-0.1, -0.05) is 52.9 Å². The van der Waals surface area contributed by atoms with Crippen molar-refractivity contribution in [2.45, 2.75) is 97.1 Å². The third-order valence-corrected chi connectivity index (χ3v) is 5.17. The Morgan fingerprint density at radius 1 is 1.14 bits per heavy atom. The van der Waals surface area contributed by atoms with Gasteiger partial charge in [-0.3, -0.25) is 0 Å². The number of unbranched alkanes of at least 4 members (excludes halogenated alkanes) is 5. The Labute approximate surface area is 143 Å². The van der Waals surface area contributed by atoms with E-state index >= 15 is 0 Å². The predicted octanol–water partition coefficient (Wildman–Crippen LogP) is 5.09. The molecule has 0 aromatic rings. The van der Waals surface area contributed by atoms with Gasteiger partial charge in [0.25, 0.3) is 0 Å². The van der Waals surface area contributed by atoms with E-state index in [9.17, 15) is 5.11 Å². The van der Waals surface area contributed by atoms with E-state index in [1.54, 1.807) is 0 Å². The van der Waals surface area contributed by atoms with Crippen molar-refractivity contribution in [3.05, 3.63) is 0 Å². The summed E-state index contributed by atoms with van der Waals surface area (Å²) in [4.78, 5) is 0. The van der Waals surface area contributed by atoms with Gasteiger partial charge in [-0.15, -0.1) is 17.0 Å². The lowest BCUT2D eigenvalue weighted by molar-refractivity contribution is -0.0302. The highest BCUT2D eigenvalue weighted by molar-refractivity contribution is 8.93. The van der Waals surface area contributed by atoms with Crippen LogP contribution in [-0.2, 0) is 0 Å². The predicted molar refractivity (Wildman–Crippen MR) is 98.3 cm³/mol. The van der Waals surface area contributed by atoms with E-state index in [4.69, 9.17) is 0 Å². The van der Waals surface area contributed by atoms with Crippen molar-refractivity contribution in [2.75, 3.05) is 6.54 Å². The Kier molecular flexibility index (Phi) is 11.2. The van der Waals surface area contributed by atoms with Gasteiger partial charge in [-0.05, 0) is 51.0 Å². The highest BCUT2D eigenvalue weighted by Crippen LogP contribution is 2.35. The zero-order chi connectivity index (χ0) is 15.0. The van der Waals surface area contributed by atoms with Gasteiger partial charge < -0.3 is 10.4 Å². The highest BCUT2D eigenvalue weighted by Gasteiger charge is 2.38. The smallest absolute Gasteiger partial charge is 0.0772 e. The normalized spacial score (nSPS) is 29.4. The molecular formula is C18H38BrNO. The molecule has 1 rings (SSSR count). The monoisotopic (exact) mass is 363 g/mol. The fourth-order valence-electron chi connectivity index (χ4n) is 3.42. The molecule has 3 heteroatoms. The molecule has 2 N–H and O–H groups in total. The second-order valence-corrected chi connectivity index (χ2v) is 7.41. The summed E-state index contributed by atoms with van der Waals surface area (Å²) in [5.41, 5.74) is -0.506. The van der Waals surface area contributed by atoms with E-state index in [-0.39, 0.29) is 17.0 Å². The molecule has 0 aliphatic heterocycles. The lowest BCUT2D eigenvalue weighted by Crippen LogP contribution is -2.53. The Balaban J connectivity index is 0.00000400. The van der Waals surface area contributed by atoms with Crippen molar-refractivity contribution in [3.63, 3.8) is 0 Å². The third kappa shape index (κ3) is 7.99. The van der Waals surface area contributed by atoms with Crippen molar-refractivity contribution < 1.29 is 5.11 Å². The Morgan fingerprint density at radius 3 is 2.38 bits per heavy atom. The van der Waals surface area contributed by atoms with Crippen molar-refractivity contribution in [2.24, 2.45) is 11.8 Å². The molecule has 0 radical (unpaired) electrons. The standard InChI is InChI=1S/C18H37NO.BrH/c1-5-6-7-8-9-10-13-19-17-14-16(15(2)3)11-12-18(17,4)20;/h15-17,19-20H,5-14H2,1-4H3;1H. The molecule has 0 spiro atoms. The number of aliphatic hydroxyl groups is 1. The van der Waals surface area contributed by atoms with Crippen molar-refractivity contribution in [1.29, 1.82) is 0 Å². The van der Waals surface area contributed by atoms with Crippen LogP contribution in [-0.4, -0.2) is 23.3 Å². The first-order valence-electron chi connectivity index (χ1n) is 8.93. The minimum absolute atomic E-state index is 0. The van der Waals surface area contributed by atoms with Gasteiger partial charge in [0, 0.05) is 6.04 Å². The zero-order valence-corrected chi connectivity index (χ0v) is 16.4. The quantitative estimate of drug-likeness (QED) is 0.559. The first kappa shape index (κ1) is 21.4. The number of hydrogen-bond donors (Lipinski definition) is 2. The van der Waals surface area contributed by atoms with Crippen LogP contribution in [0.3, 0.4) is 0 Å². The summed E-state index contributed by atoms with van der Waals surface area (Å²) in [6, 6.07) is 0.291. The molecule has 0 aromatic carbocycles. The molecular weight excluding hydrogens is 326 g/mol. The molecule has 128 valence electrons. The summed E-state index contributed by atoms with van der Waals surface area (Å²) >= 11 is 0. The first-order chi connectivity index (χ1) is 9.47. The van der Waals surface area contributed by atoms with E-state index in [0.717, 1.165) is 31.2 Å². The molecule has 0 saturated heterocycles. The topological polar surface area (TPSA) is 32.3 Å². The van der Waals surface area contributed by atoms with Crippen molar-refractivity contribution in [3.8, 4) is 0 Å². The lowest BCUT2D eigenvalue weighted by Gasteiger charge is -2.42. The first-order valence-corrected chi connectivity index (χ1v) is 8.93. The minimum Gasteiger partial charge on any atom is -0.389 e. The van der Waals surface area contributed by atoms with E-state index in [1.807, 2.05) is 6.92 Å². The molecule has 2 nitrogen and oxygen atoms in total. The molecule has 21 heavy (non-hydrogen) atoms. The molecule has 1 aliphatic carbocycles. The van der Waals surface area contributed by atoms with E-state index in [1.165, 1.54) is 44.9 Å². The molecule has 0 amide bonds. The number of rotatable bonds is 9. The maximum atomic E-state index is 10.5. The summed E-state index contributed by atoms with van der Waals surface area (Å²) in [6.45, 7) is 9.98.